The van der Waals surface area contributed by atoms with Crippen LogP contribution < -0.4 is 4.74 Å². The lowest BCUT2D eigenvalue weighted by atomic mass is 9.49. The highest BCUT2D eigenvalue weighted by Gasteiger charge is 2.51. The largest absolute Gasteiger partial charge is 0.497 e. The van der Waals surface area contributed by atoms with Gasteiger partial charge in [-0.05, 0) is 86.3 Å². The van der Waals surface area contributed by atoms with Crippen molar-refractivity contribution in [2.75, 3.05) is 33.3 Å². The van der Waals surface area contributed by atoms with Gasteiger partial charge in [0.15, 0.2) is 0 Å². The normalized spacial score (nSPS) is 32.8. The zero-order chi connectivity index (χ0) is 20.7. The van der Waals surface area contributed by atoms with E-state index < -0.39 is 0 Å². The molecule has 5 fully saturated rings. The minimum Gasteiger partial charge on any atom is -0.497 e. The summed E-state index contributed by atoms with van der Waals surface area (Å²) in [5, 5.41) is 0. The third kappa shape index (κ3) is 3.83. The van der Waals surface area contributed by atoms with Crippen LogP contribution in [0.2, 0.25) is 0 Å². The molecule has 4 bridgehead atoms. The molecule has 4 saturated carbocycles. The number of hydrogen-bond donors (Lipinski definition) is 0. The smallest absolute Gasteiger partial charge is 0.254 e. The third-order valence-electron chi connectivity index (χ3n) is 8.14. The van der Waals surface area contributed by atoms with E-state index in [1.807, 2.05) is 28.0 Å². The number of amides is 2. The summed E-state index contributed by atoms with van der Waals surface area (Å²) in [6.45, 7) is 2.74. The maximum Gasteiger partial charge on any atom is 0.254 e. The molecule has 5 nitrogen and oxygen atoms in total. The molecule has 4 aliphatic carbocycles. The van der Waals surface area contributed by atoms with Crippen molar-refractivity contribution < 1.29 is 14.3 Å². The monoisotopic (exact) mass is 410 g/mol. The molecule has 5 heteroatoms. The Balaban J connectivity index is 1.20. The number of benzene rings is 1. The van der Waals surface area contributed by atoms with Gasteiger partial charge < -0.3 is 14.5 Å². The van der Waals surface area contributed by atoms with Crippen LogP contribution in [-0.2, 0) is 4.79 Å². The van der Waals surface area contributed by atoms with Crippen LogP contribution in [0.3, 0.4) is 0 Å². The Hall–Kier alpha value is -2.04. The second-order valence-electron chi connectivity index (χ2n) is 10.4. The fourth-order valence-electron chi connectivity index (χ4n) is 7.25. The van der Waals surface area contributed by atoms with E-state index in [-0.39, 0.29) is 11.3 Å². The van der Waals surface area contributed by atoms with Gasteiger partial charge in [0.1, 0.15) is 5.75 Å². The highest BCUT2D eigenvalue weighted by Crippen LogP contribution is 2.61. The average molecular weight is 411 g/mol. The van der Waals surface area contributed by atoms with Gasteiger partial charge in [0.2, 0.25) is 5.91 Å². The summed E-state index contributed by atoms with van der Waals surface area (Å²) in [6, 6.07) is 7.34. The van der Waals surface area contributed by atoms with Crippen LogP contribution in [0.1, 0.15) is 61.7 Å². The van der Waals surface area contributed by atoms with E-state index >= 15 is 0 Å². The first kappa shape index (κ1) is 19.9. The summed E-state index contributed by atoms with van der Waals surface area (Å²) >= 11 is 0. The number of ether oxygens (including phenoxy) is 1. The van der Waals surface area contributed by atoms with Gasteiger partial charge in [-0.25, -0.2) is 0 Å². The van der Waals surface area contributed by atoms with Crippen molar-refractivity contribution in [2.24, 2.45) is 23.2 Å². The van der Waals surface area contributed by atoms with Gasteiger partial charge in [0, 0.05) is 38.2 Å². The van der Waals surface area contributed by atoms with Crippen molar-refractivity contribution in [2.45, 2.75) is 51.4 Å². The van der Waals surface area contributed by atoms with E-state index in [1.54, 1.807) is 13.2 Å². The molecule has 0 atom stereocenters. The van der Waals surface area contributed by atoms with Crippen LogP contribution in [0.4, 0.5) is 0 Å². The Morgan fingerprint density at radius 2 is 1.60 bits per heavy atom. The van der Waals surface area contributed by atoms with Crippen molar-refractivity contribution in [1.29, 1.82) is 0 Å². The predicted molar refractivity (Wildman–Crippen MR) is 115 cm³/mol. The minimum absolute atomic E-state index is 0.0317. The van der Waals surface area contributed by atoms with Crippen LogP contribution in [0, 0.1) is 23.2 Å². The fourth-order valence-corrected chi connectivity index (χ4v) is 7.25. The minimum atomic E-state index is 0.0317. The van der Waals surface area contributed by atoms with E-state index in [9.17, 15) is 9.59 Å². The van der Waals surface area contributed by atoms with Gasteiger partial charge >= 0.3 is 0 Å². The summed E-state index contributed by atoms with van der Waals surface area (Å²) in [6.07, 6.45) is 9.66. The summed E-state index contributed by atoms with van der Waals surface area (Å²) in [5.41, 5.74) is 0.941. The lowest BCUT2D eigenvalue weighted by Gasteiger charge is -2.57. The van der Waals surface area contributed by atoms with E-state index in [4.69, 9.17) is 4.74 Å². The van der Waals surface area contributed by atoms with E-state index in [2.05, 4.69) is 0 Å². The number of hydrogen-bond acceptors (Lipinski definition) is 3. The molecule has 0 aromatic heterocycles. The maximum atomic E-state index is 13.3. The van der Waals surface area contributed by atoms with Gasteiger partial charge in [-0.1, -0.05) is 6.07 Å². The lowest BCUT2D eigenvalue weighted by molar-refractivity contribution is -0.139. The van der Waals surface area contributed by atoms with Crippen LogP contribution >= 0.6 is 0 Å². The molecule has 1 saturated heterocycles. The quantitative estimate of drug-likeness (QED) is 0.755. The number of rotatable bonds is 4. The Kier molecular flexibility index (Phi) is 5.24. The van der Waals surface area contributed by atoms with Crippen LogP contribution in [0.5, 0.6) is 5.75 Å². The molecule has 1 aromatic rings. The van der Waals surface area contributed by atoms with Gasteiger partial charge in [-0.2, -0.15) is 0 Å². The molecule has 0 spiro atoms. The molecule has 0 radical (unpaired) electrons. The molecular formula is C25H34N2O3. The Bertz CT molecular complexity index is 785. The molecule has 1 aliphatic heterocycles. The van der Waals surface area contributed by atoms with Gasteiger partial charge in [-0.3, -0.25) is 9.59 Å². The summed E-state index contributed by atoms with van der Waals surface area (Å²) in [4.78, 5) is 30.2. The van der Waals surface area contributed by atoms with E-state index in [1.165, 1.54) is 38.5 Å². The van der Waals surface area contributed by atoms with Gasteiger partial charge in [0.05, 0.1) is 7.11 Å². The molecule has 2 amide bonds. The first-order valence-corrected chi connectivity index (χ1v) is 11.7. The zero-order valence-electron chi connectivity index (χ0n) is 18.1. The molecular weight excluding hydrogens is 376 g/mol. The number of carbonyl (C=O) groups is 2. The van der Waals surface area contributed by atoms with Crippen molar-refractivity contribution >= 4 is 11.8 Å². The highest BCUT2D eigenvalue weighted by atomic mass is 16.5. The van der Waals surface area contributed by atoms with Crippen molar-refractivity contribution in [3.8, 4) is 5.75 Å². The SMILES string of the molecule is COc1cccc(C(=O)N2CCCN(C(=O)CC34CC5CC(CC(C5)C3)C4)CC2)c1. The van der Waals surface area contributed by atoms with Crippen LogP contribution in [0.25, 0.3) is 0 Å². The van der Waals surface area contributed by atoms with Gasteiger partial charge in [0.25, 0.3) is 5.91 Å². The molecule has 0 N–H and O–H groups in total. The van der Waals surface area contributed by atoms with Crippen molar-refractivity contribution in [3.63, 3.8) is 0 Å². The first-order valence-electron chi connectivity index (χ1n) is 11.7. The lowest BCUT2D eigenvalue weighted by Crippen LogP contribution is -2.48. The average Bonchev–Trinajstić information content (AvgIpc) is 2.98. The summed E-state index contributed by atoms with van der Waals surface area (Å²) < 4.78 is 5.26. The molecule has 6 rings (SSSR count). The molecule has 162 valence electrons. The van der Waals surface area contributed by atoms with E-state index in [0.29, 0.717) is 36.9 Å². The zero-order valence-corrected chi connectivity index (χ0v) is 18.1. The summed E-state index contributed by atoms with van der Waals surface area (Å²) in [5.74, 6) is 3.69. The standard InChI is InChI=1S/C25H34N2O3/c1-30-22-5-2-4-21(13-22)24(29)27-7-3-6-26(8-9-27)23(28)17-25-14-18-10-19(15-25)12-20(11-18)16-25/h2,4-5,13,18-20H,3,6-12,14-17H2,1H3. The number of carbonyl (C=O) groups excluding carboxylic acids is 2. The van der Waals surface area contributed by atoms with Crippen molar-refractivity contribution in [3.05, 3.63) is 29.8 Å². The number of nitrogens with zero attached hydrogens (tertiary/aromatic N) is 2. The third-order valence-corrected chi connectivity index (χ3v) is 8.14. The van der Waals surface area contributed by atoms with Crippen molar-refractivity contribution in [1.82, 2.24) is 9.80 Å². The van der Waals surface area contributed by atoms with E-state index in [0.717, 1.165) is 37.1 Å². The summed E-state index contributed by atoms with van der Waals surface area (Å²) in [7, 11) is 1.61. The highest BCUT2D eigenvalue weighted by molar-refractivity contribution is 5.94. The van der Waals surface area contributed by atoms with Gasteiger partial charge in [-0.15, -0.1) is 0 Å². The molecule has 30 heavy (non-hydrogen) atoms. The molecule has 0 unspecified atom stereocenters. The Labute approximate surface area is 179 Å². The van der Waals surface area contributed by atoms with Crippen LogP contribution in [0.15, 0.2) is 24.3 Å². The molecule has 1 aromatic carbocycles. The predicted octanol–water partition coefficient (Wildman–Crippen LogP) is 3.98. The second-order valence-corrected chi connectivity index (χ2v) is 10.4. The molecule has 1 heterocycles. The topological polar surface area (TPSA) is 49.9 Å². The molecule has 5 aliphatic rings. The maximum absolute atomic E-state index is 13.3. The van der Waals surface area contributed by atoms with Crippen LogP contribution in [-0.4, -0.2) is 54.9 Å². The fraction of sp³-hybridized carbons (Fsp3) is 0.680. The number of methoxy groups -OCH3 is 1. The Morgan fingerprint density at radius 3 is 2.27 bits per heavy atom. The Morgan fingerprint density at radius 1 is 0.967 bits per heavy atom. The first-order chi connectivity index (χ1) is 14.5. The second kappa shape index (κ2) is 7.90.